The monoisotopic (exact) mass is 425 g/mol. The normalized spacial score (nSPS) is 20.7. The fourth-order valence-corrected chi connectivity index (χ4v) is 4.36. The van der Waals surface area contributed by atoms with Gasteiger partial charge in [-0.2, -0.15) is 0 Å². The number of rotatable bonds is 7. The summed E-state index contributed by atoms with van der Waals surface area (Å²) in [6, 6.07) is 4.87. The molecule has 3 N–H and O–H groups in total. The number of methoxy groups -OCH3 is 2. The second kappa shape index (κ2) is 10.2. The number of nitrogens with zero attached hydrogens (tertiary/aromatic N) is 1. The van der Waals surface area contributed by atoms with Gasteiger partial charge < -0.3 is 25.4 Å². The molecule has 0 aromatic heterocycles. The molecule has 2 amide bonds. The van der Waals surface area contributed by atoms with Gasteiger partial charge in [-0.3, -0.25) is 9.59 Å². The Bertz CT molecular complexity index is 700. The molecule has 0 radical (unpaired) electrons. The van der Waals surface area contributed by atoms with Crippen LogP contribution in [0.2, 0.25) is 0 Å². The van der Waals surface area contributed by atoms with Crippen LogP contribution in [0.25, 0.3) is 0 Å². The van der Waals surface area contributed by atoms with Gasteiger partial charge >= 0.3 is 0 Å². The van der Waals surface area contributed by atoms with Crippen molar-refractivity contribution >= 4 is 29.9 Å². The number of amides is 2. The molecule has 1 heterocycles. The average molecular weight is 426 g/mol. The molecule has 1 atom stereocenters. The summed E-state index contributed by atoms with van der Waals surface area (Å²) in [7, 11) is 3.15. The van der Waals surface area contributed by atoms with E-state index in [4.69, 9.17) is 15.2 Å². The fraction of sp³-hybridized carbons (Fsp3) is 0.619. The molecular formula is C21H32ClN3O4. The lowest BCUT2D eigenvalue weighted by molar-refractivity contribution is -0.128. The smallest absolute Gasteiger partial charge is 0.249 e. The van der Waals surface area contributed by atoms with Crippen LogP contribution in [0.15, 0.2) is 18.2 Å². The number of carbonyl (C=O) groups excluding carboxylic acids is 2. The van der Waals surface area contributed by atoms with Gasteiger partial charge in [0.2, 0.25) is 11.8 Å². The highest BCUT2D eigenvalue weighted by Crippen LogP contribution is 2.38. The summed E-state index contributed by atoms with van der Waals surface area (Å²) in [6.45, 7) is 1.07. The maximum atomic E-state index is 12.9. The number of carbonyl (C=O) groups is 2. The predicted molar refractivity (Wildman–Crippen MR) is 115 cm³/mol. The van der Waals surface area contributed by atoms with E-state index < -0.39 is 6.04 Å². The van der Waals surface area contributed by atoms with Gasteiger partial charge in [-0.1, -0.05) is 19.3 Å². The van der Waals surface area contributed by atoms with Crippen LogP contribution in [-0.2, 0) is 9.59 Å². The SMILES string of the molecule is COc1cc(OC)cc(N2CCC(NC(=O)CC3(CN)CCCCC3)C2=O)c1.Cl. The van der Waals surface area contributed by atoms with Gasteiger partial charge in [0, 0.05) is 31.2 Å². The number of hydrogen-bond acceptors (Lipinski definition) is 5. The summed E-state index contributed by atoms with van der Waals surface area (Å²) in [5.74, 6) is 1.07. The van der Waals surface area contributed by atoms with Crippen molar-refractivity contribution in [3.63, 3.8) is 0 Å². The minimum atomic E-state index is -0.497. The first-order valence-corrected chi connectivity index (χ1v) is 10.0. The van der Waals surface area contributed by atoms with E-state index in [9.17, 15) is 9.59 Å². The number of nitrogens with two attached hydrogens (primary N) is 1. The molecule has 29 heavy (non-hydrogen) atoms. The van der Waals surface area contributed by atoms with Crippen LogP contribution in [0.1, 0.15) is 44.9 Å². The molecule has 1 saturated heterocycles. The molecule has 7 nitrogen and oxygen atoms in total. The van der Waals surface area contributed by atoms with Crippen molar-refractivity contribution < 1.29 is 19.1 Å². The van der Waals surface area contributed by atoms with Crippen LogP contribution in [-0.4, -0.2) is 45.2 Å². The zero-order chi connectivity index (χ0) is 20.1. The molecule has 3 rings (SSSR count). The summed E-state index contributed by atoms with van der Waals surface area (Å²) in [4.78, 5) is 27.2. The zero-order valence-electron chi connectivity index (χ0n) is 17.2. The van der Waals surface area contributed by atoms with Crippen LogP contribution in [0.5, 0.6) is 11.5 Å². The molecule has 2 aliphatic rings. The molecule has 1 aromatic rings. The molecule has 8 heteroatoms. The Morgan fingerprint density at radius 2 is 1.79 bits per heavy atom. The highest BCUT2D eigenvalue weighted by Gasteiger charge is 2.37. The van der Waals surface area contributed by atoms with E-state index in [1.165, 1.54) is 6.42 Å². The van der Waals surface area contributed by atoms with E-state index in [0.717, 1.165) is 25.7 Å². The highest BCUT2D eigenvalue weighted by atomic mass is 35.5. The van der Waals surface area contributed by atoms with Crippen molar-refractivity contribution in [1.29, 1.82) is 0 Å². The largest absolute Gasteiger partial charge is 0.497 e. The Hall–Kier alpha value is -1.99. The third-order valence-corrected chi connectivity index (χ3v) is 6.07. The van der Waals surface area contributed by atoms with Gasteiger partial charge in [-0.05, 0) is 31.2 Å². The molecule has 1 saturated carbocycles. The van der Waals surface area contributed by atoms with Crippen molar-refractivity contribution in [3.05, 3.63) is 18.2 Å². The molecule has 1 unspecified atom stereocenters. The number of benzene rings is 1. The van der Waals surface area contributed by atoms with Crippen molar-refractivity contribution in [3.8, 4) is 11.5 Å². The van der Waals surface area contributed by atoms with Gasteiger partial charge in [0.15, 0.2) is 0 Å². The van der Waals surface area contributed by atoms with Gasteiger partial charge in [0.25, 0.3) is 0 Å². The number of hydrogen-bond donors (Lipinski definition) is 2. The van der Waals surface area contributed by atoms with Crippen molar-refractivity contribution in [1.82, 2.24) is 5.32 Å². The summed E-state index contributed by atoms with van der Waals surface area (Å²) in [5, 5.41) is 2.94. The van der Waals surface area contributed by atoms with Gasteiger partial charge in [0.1, 0.15) is 17.5 Å². The molecule has 1 aromatic carbocycles. The lowest BCUT2D eigenvalue weighted by Crippen LogP contribution is -2.45. The molecule has 162 valence electrons. The summed E-state index contributed by atoms with van der Waals surface area (Å²) < 4.78 is 10.6. The quantitative estimate of drug-likeness (QED) is 0.700. The van der Waals surface area contributed by atoms with Gasteiger partial charge in [-0.15, -0.1) is 12.4 Å². The van der Waals surface area contributed by atoms with Crippen molar-refractivity contribution in [2.24, 2.45) is 11.1 Å². The second-order valence-electron chi connectivity index (χ2n) is 7.91. The van der Waals surface area contributed by atoms with E-state index in [-0.39, 0.29) is 29.6 Å². The second-order valence-corrected chi connectivity index (χ2v) is 7.91. The Kier molecular flexibility index (Phi) is 8.16. The van der Waals surface area contributed by atoms with E-state index >= 15 is 0 Å². The Morgan fingerprint density at radius 3 is 2.34 bits per heavy atom. The minimum absolute atomic E-state index is 0. The van der Waals surface area contributed by atoms with E-state index in [1.54, 1.807) is 37.3 Å². The standard InChI is InChI=1S/C21H31N3O4.ClH/c1-27-16-10-15(11-17(12-16)28-2)24-9-6-18(20(24)26)23-19(25)13-21(14-22)7-4-3-5-8-21;/h10-12,18H,3-9,13-14,22H2,1-2H3,(H,23,25);1H. The molecule has 0 bridgehead atoms. The van der Waals surface area contributed by atoms with Crippen LogP contribution in [0.4, 0.5) is 5.69 Å². The molecule has 1 aliphatic carbocycles. The average Bonchev–Trinajstić information content (AvgIpc) is 3.08. The van der Waals surface area contributed by atoms with E-state index in [0.29, 0.717) is 43.1 Å². The topological polar surface area (TPSA) is 93.9 Å². The summed E-state index contributed by atoms with van der Waals surface area (Å²) in [5.41, 5.74) is 6.60. The van der Waals surface area contributed by atoms with Crippen molar-refractivity contribution in [2.45, 2.75) is 51.0 Å². The fourth-order valence-electron chi connectivity index (χ4n) is 4.36. The maximum absolute atomic E-state index is 12.9. The summed E-state index contributed by atoms with van der Waals surface area (Å²) in [6.07, 6.45) is 6.43. The van der Waals surface area contributed by atoms with Gasteiger partial charge in [0.05, 0.1) is 19.9 Å². The minimum Gasteiger partial charge on any atom is -0.497 e. The molecule has 0 spiro atoms. The van der Waals surface area contributed by atoms with Crippen LogP contribution >= 0.6 is 12.4 Å². The zero-order valence-corrected chi connectivity index (χ0v) is 18.1. The first-order valence-electron chi connectivity index (χ1n) is 10.0. The summed E-state index contributed by atoms with van der Waals surface area (Å²) >= 11 is 0. The Balaban J connectivity index is 0.00000300. The van der Waals surface area contributed by atoms with Crippen LogP contribution in [0.3, 0.4) is 0 Å². The predicted octanol–water partition coefficient (Wildman–Crippen LogP) is 2.65. The third kappa shape index (κ3) is 5.34. The lowest BCUT2D eigenvalue weighted by atomic mass is 9.71. The van der Waals surface area contributed by atoms with Crippen LogP contribution < -0.4 is 25.4 Å². The van der Waals surface area contributed by atoms with Crippen molar-refractivity contribution in [2.75, 3.05) is 32.2 Å². The number of anilines is 1. The third-order valence-electron chi connectivity index (χ3n) is 6.07. The number of halogens is 1. The van der Waals surface area contributed by atoms with Gasteiger partial charge in [-0.25, -0.2) is 0 Å². The van der Waals surface area contributed by atoms with E-state index in [2.05, 4.69) is 5.32 Å². The lowest BCUT2D eigenvalue weighted by Gasteiger charge is -2.35. The van der Waals surface area contributed by atoms with E-state index in [1.807, 2.05) is 0 Å². The number of ether oxygens (including phenoxy) is 2. The number of nitrogens with one attached hydrogen (secondary N) is 1. The molecule has 2 fully saturated rings. The molecule has 1 aliphatic heterocycles. The molecular weight excluding hydrogens is 394 g/mol. The first-order chi connectivity index (χ1) is 13.5. The first kappa shape index (κ1) is 23.3. The highest BCUT2D eigenvalue weighted by molar-refractivity contribution is 6.01. The maximum Gasteiger partial charge on any atom is 0.249 e. The van der Waals surface area contributed by atoms with Crippen LogP contribution in [0, 0.1) is 5.41 Å². The Labute approximate surface area is 178 Å². The Morgan fingerprint density at radius 1 is 1.17 bits per heavy atom.